The predicted molar refractivity (Wildman–Crippen MR) is 92.8 cm³/mol. The molecule has 0 bridgehead atoms. The minimum atomic E-state index is -0.671. The maximum atomic E-state index is 11.5. The summed E-state index contributed by atoms with van der Waals surface area (Å²) >= 11 is 0. The topological polar surface area (TPSA) is 52.6 Å². The van der Waals surface area contributed by atoms with E-state index in [9.17, 15) is 9.90 Å². The van der Waals surface area contributed by atoms with E-state index in [0.29, 0.717) is 6.54 Å². The number of benzene rings is 1. The molecule has 4 heteroatoms. The minimum absolute atomic E-state index is 0.270. The molecule has 0 aromatic heterocycles. The molecular formula is C19H28N2O2. The summed E-state index contributed by atoms with van der Waals surface area (Å²) in [5.74, 6) is -0.179. The third-order valence-electron chi connectivity index (χ3n) is 5.34. The summed E-state index contributed by atoms with van der Waals surface area (Å²) in [5, 5.41) is 13.2. The molecule has 2 unspecified atom stereocenters. The second-order valence-electron chi connectivity index (χ2n) is 7.12. The van der Waals surface area contributed by atoms with Gasteiger partial charge in [-0.3, -0.25) is 4.79 Å². The van der Waals surface area contributed by atoms with Gasteiger partial charge in [-0.05, 0) is 43.9 Å². The van der Waals surface area contributed by atoms with Gasteiger partial charge in [-0.1, -0.05) is 37.5 Å². The maximum Gasteiger partial charge on any atom is 0.308 e. The number of nitrogens with one attached hydrogen (secondary N) is 1. The molecule has 1 saturated carbocycles. The second-order valence-corrected chi connectivity index (χ2v) is 7.12. The molecule has 1 heterocycles. The molecule has 1 aromatic rings. The van der Waals surface area contributed by atoms with Crippen LogP contribution in [0.25, 0.3) is 0 Å². The third-order valence-corrected chi connectivity index (χ3v) is 5.34. The number of para-hydroxylation sites is 1. The van der Waals surface area contributed by atoms with E-state index in [1.807, 2.05) is 18.2 Å². The summed E-state index contributed by atoms with van der Waals surface area (Å²) < 4.78 is 0. The predicted octanol–water partition coefficient (Wildman–Crippen LogP) is 3.14. The molecule has 1 saturated heterocycles. The van der Waals surface area contributed by atoms with Crippen LogP contribution in [0.15, 0.2) is 30.3 Å². The first-order valence-corrected chi connectivity index (χ1v) is 8.98. The molecule has 1 aliphatic heterocycles. The van der Waals surface area contributed by atoms with Crippen LogP contribution in [-0.4, -0.2) is 36.8 Å². The van der Waals surface area contributed by atoms with Crippen LogP contribution in [0.2, 0.25) is 0 Å². The van der Waals surface area contributed by atoms with Crippen molar-refractivity contribution >= 4 is 11.7 Å². The first-order valence-electron chi connectivity index (χ1n) is 8.98. The number of nitrogens with zero attached hydrogens (tertiary/aromatic N) is 1. The lowest BCUT2D eigenvalue weighted by molar-refractivity contribution is -0.142. The summed E-state index contributed by atoms with van der Waals surface area (Å²) in [6.45, 7) is 2.56. The van der Waals surface area contributed by atoms with Crippen molar-refractivity contribution < 1.29 is 9.90 Å². The van der Waals surface area contributed by atoms with Gasteiger partial charge in [0.15, 0.2) is 0 Å². The van der Waals surface area contributed by atoms with Gasteiger partial charge in [0.2, 0.25) is 0 Å². The standard InChI is InChI=1S/C19H28N2O2/c22-19(23)16-11-17(20-12-15-7-3-1-4-8-15)14-21(13-16)18-9-5-2-6-10-18/h2,5-6,9-10,15-17,20H,1,3-4,7-8,11-14H2,(H,22,23). The number of rotatable bonds is 5. The van der Waals surface area contributed by atoms with Gasteiger partial charge in [-0.15, -0.1) is 0 Å². The molecule has 0 spiro atoms. The van der Waals surface area contributed by atoms with E-state index in [0.717, 1.165) is 31.1 Å². The molecule has 2 aliphatic rings. The van der Waals surface area contributed by atoms with Gasteiger partial charge in [0, 0.05) is 24.8 Å². The number of carboxylic acids is 1. The van der Waals surface area contributed by atoms with Crippen LogP contribution in [0.3, 0.4) is 0 Å². The lowest BCUT2D eigenvalue weighted by Gasteiger charge is -2.38. The number of carboxylic acid groups (broad SMARTS) is 1. The summed E-state index contributed by atoms with van der Waals surface area (Å²) in [4.78, 5) is 13.8. The van der Waals surface area contributed by atoms with E-state index < -0.39 is 5.97 Å². The molecule has 0 amide bonds. The highest BCUT2D eigenvalue weighted by molar-refractivity contribution is 5.71. The number of anilines is 1. The van der Waals surface area contributed by atoms with Gasteiger partial charge in [-0.25, -0.2) is 0 Å². The van der Waals surface area contributed by atoms with Crippen LogP contribution in [0, 0.1) is 11.8 Å². The zero-order valence-electron chi connectivity index (χ0n) is 13.8. The quantitative estimate of drug-likeness (QED) is 0.876. The number of aliphatic carboxylic acids is 1. The van der Waals surface area contributed by atoms with E-state index in [-0.39, 0.29) is 12.0 Å². The van der Waals surface area contributed by atoms with Crippen molar-refractivity contribution in [1.29, 1.82) is 0 Å². The molecule has 0 radical (unpaired) electrons. The molecule has 23 heavy (non-hydrogen) atoms. The molecular weight excluding hydrogens is 288 g/mol. The van der Waals surface area contributed by atoms with Crippen molar-refractivity contribution in [3.8, 4) is 0 Å². The molecule has 3 rings (SSSR count). The SMILES string of the molecule is O=C(O)C1CC(NCC2CCCCC2)CN(c2ccccc2)C1. The Morgan fingerprint density at radius 3 is 2.57 bits per heavy atom. The second kappa shape index (κ2) is 7.82. The highest BCUT2D eigenvalue weighted by atomic mass is 16.4. The van der Waals surface area contributed by atoms with E-state index in [1.165, 1.54) is 32.1 Å². The summed E-state index contributed by atoms with van der Waals surface area (Å²) in [5.41, 5.74) is 1.13. The van der Waals surface area contributed by atoms with Crippen LogP contribution in [0.1, 0.15) is 38.5 Å². The van der Waals surface area contributed by atoms with Gasteiger partial charge in [0.05, 0.1) is 5.92 Å². The van der Waals surface area contributed by atoms with Crippen molar-refractivity contribution in [3.05, 3.63) is 30.3 Å². The summed E-state index contributed by atoms with van der Waals surface area (Å²) in [6, 6.07) is 10.5. The summed E-state index contributed by atoms with van der Waals surface area (Å²) in [7, 11) is 0. The Balaban J connectivity index is 1.61. The Morgan fingerprint density at radius 2 is 1.87 bits per heavy atom. The van der Waals surface area contributed by atoms with Crippen LogP contribution < -0.4 is 10.2 Å². The molecule has 126 valence electrons. The lowest BCUT2D eigenvalue weighted by Crippen LogP contribution is -2.52. The van der Waals surface area contributed by atoms with Crippen LogP contribution in [0.4, 0.5) is 5.69 Å². The van der Waals surface area contributed by atoms with Gasteiger partial charge in [-0.2, -0.15) is 0 Å². The van der Waals surface area contributed by atoms with Gasteiger partial charge >= 0.3 is 5.97 Å². The van der Waals surface area contributed by atoms with E-state index in [4.69, 9.17) is 0 Å². The molecule has 2 N–H and O–H groups in total. The highest BCUT2D eigenvalue weighted by Crippen LogP contribution is 2.26. The number of carbonyl (C=O) groups is 1. The van der Waals surface area contributed by atoms with Crippen molar-refractivity contribution in [3.63, 3.8) is 0 Å². The zero-order chi connectivity index (χ0) is 16.1. The van der Waals surface area contributed by atoms with Crippen LogP contribution in [0.5, 0.6) is 0 Å². The molecule has 1 aliphatic carbocycles. The Hall–Kier alpha value is -1.55. The molecule has 4 nitrogen and oxygen atoms in total. The third kappa shape index (κ3) is 4.47. The highest BCUT2D eigenvalue weighted by Gasteiger charge is 2.31. The molecule has 2 fully saturated rings. The van der Waals surface area contributed by atoms with Crippen molar-refractivity contribution in [2.24, 2.45) is 11.8 Å². The van der Waals surface area contributed by atoms with Crippen LogP contribution >= 0.6 is 0 Å². The van der Waals surface area contributed by atoms with Gasteiger partial charge in [0.25, 0.3) is 0 Å². The van der Waals surface area contributed by atoms with Crippen molar-refractivity contribution in [1.82, 2.24) is 5.32 Å². The molecule has 2 atom stereocenters. The number of hydrogen-bond donors (Lipinski definition) is 2. The first-order chi connectivity index (χ1) is 11.2. The first kappa shape index (κ1) is 16.3. The lowest BCUT2D eigenvalue weighted by atomic mass is 9.88. The summed E-state index contributed by atoms with van der Waals surface area (Å²) in [6.07, 6.45) is 7.47. The fraction of sp³-hybridized carbons (Fsp3) is 0.632. The van der Waals surface area contributed by atoms with E-state index in [1.54, 1.807) is 0 Å². The Morgan fingerprint density at radius 1 is 1.13 bits per heavy atom. The van der Waals surface area contributed by atoms with Crippen molar-refractivity contribution in [2.45, 2.75) is 44.6 Å². The zero-order valence-corrected chi connectivity index (χ0v) is 13.8. The number of hydrogen-bond acceptors (Lipinski definition) is 3. The van der Waals surface area contributed by atoms with Crippen molar-refractivity contribution in [2.75, 3.05) is 24.5 Å². The fourth-order valence-electron chi connectivity index (χ4n) is 4.00. The minimum Gasteiger partial charge on any atom is -0.481 e. The maximum absolute atomic E-state index is 11.5. The Labute approximate surface area is 138 Å². The van der Waals surface area contributed by atoms with Gasteiger partial charge < -0.3 is 15.3 Å². The van der Waals surface area contributed by atoms with E-state index in [2.05, 4.69) is 22.3 Å². The average Bonchev–Trinajstić information content (AvgIpc) is 2.61. The van der Waals surface area contributed by atoms with Crippen LogP contribution in [-0.2, 0) is 4.79 Å². The Kier molecular flexibility index (Phi) is 5.55. The normalized spacial score (nSPS) is 26.2. The monoisotopic (exact) mass is 316 g/mol. The largest absolute Gasteiger partial charge is 0.481 e. The van der Waals surface area contributed by atoms with Gasteiger partial charge in [0.1, 0.15) is 0 Å². The molecule has 1 aromatic carbocycles. The number of piperidine rings is 1. The van der Waals surface area contributed by atoms with E-state index >= 15 is 0 Å². The fourth-order valence-corrected chi connectivity index (χ4v) is 4.00. The Bertz CT molecular complexity index is 499. The average molecular weight is 316 g/mol. The smallest absolute Gasteiger partial charge is 0.308 e.